The van der Waals surface area contributed by atoms with E-state index in [0.29, 0.717) is 12.5 Å². The van der Waals surface area contributed by atoms with Crippen LogP contribution in [0.4, 0.5) is 0 Å². The third kappa shape index (κ3) is 4.84. The van der Waals surface area contributed by atoms with Gasteiger partial charge in [-0.2, -0.15) is 0 Å². The number of ether oxygens (including phenoxy) is 2. The molecule has 1 N–H and O–H groups in total. The fraction of sp³-hybridized carbons (Fsp3) is 0.929. The van der Waals surface area contributed by atoms with E-state index < -0.39 is 14.6 Å². The molecule has 2 unspecified atom stereocenters. The molecule has 5 atom stereocenters. The van der Waals surface area contributed by atoms with Crippen molar-refractivity contribution in [2.24, 2.45) is 11.8 Å². The highest BCUT2D eigenvalue weighted by molar-refractivity contribution is 6.69. The van der Waals surface area contributed by atoms with Gasteiger partial charge in [0, 0.05) is 14.0 Å². The summed E-state index contributed by atoms with van der Waals surface area (Å²) in [6.07, 6.45) is -0.410. The maximum atomic E-state index is 11.3. The van der Waals surface area contributed by atoms with Crippen LogP contribution in [-0.4, -0.2) is 46.4 Å². The average molecular weight is 303 g/mol. The van der Waals surface area contributed by atoms with Crippen molar-refractivity contribution in [3.05, 3.63) is 0 Å². The molecule has 0 aromatic carbocycles. The van der Waals surface area contributed by atoms with E-state index in [0.717, 1.165) is 0 Å². The highest BCUT2D eigenvalue weighted by Gasteiger charge is 2.42. The number of methoxy groups -OCH3 is 1. The van der Waals surface area contributed by atoms with Crippen LogP contribution >= 0.6 is 0 Å². The number of nitrogens with one attached hydrogen (secondary N) is 1. The molecule has 20 heavy (non-hydrogen) atoms. The molecule has 1 heterocycles. The minimum atomic E-state index is -1.56. The summed E-state index contributed by atoms with van der Waals surface area (Å²) in [6, 6.07) is -0.115. The lowest BCUT2D eigenvalue weighted by Crippen LogP contribution is -2.58. The molecule has 0 aromatic rings. The monoisotopic (exact) mass is 303 g/mol. The molecule has 1 amide bonds. The lowest BCUT2D eigenvalue weighted by atomic mass is 9.82. The van der Waals surface area contributed by atoms with Crippen LogP contribution in [0.15, 0.2) is 0 Å². The van der Waals surface area contributed by atoms with Crippen molar-refractivity contribution < 1.29 is 18.7 Å². The molecular weight excluding hydrogens is 274 g/mol. The summed E-state index contributed by atoms with van der Waals surface area (Å²) in [5.74, 6) is 0.513. The Morgan fingerprint density at radius 1 is 1.25 bits per heavy atom. The van der Waals surface area contributed by atoms with Crippen LogP contribution in [0.25, 0.3) is 0 Å². The molecule has 1 fully saturated rings. The largest absolute Gasteiger partial charge is 0.415 e. The summed E-state index contributed by atoms with van der Waals surface area (Å²) in [5.41, 5.74) is 0. The topological polar surface area (TPSA) is 56.8 Å². The third-order valence-corrected chi connectivity index (χ3v) is 4.90. The summed E-state index contributed by atoms with van der Waals surface area (Å²) in [6.45, 7) is 12.9. The van der Waals surface area contributed by atoms with Gasteiger partial charge in [-0.1, -0.05) is 13.8 Å². The summed E-state index contributed by atoms with van der Waals surface area (Å²) >= 11 is 0. The molecule has 0 aromatic heterocycles. The van der Waals surface area contributed by atoms with Crippen molar-refractivity contribution in [2.75, 3.05) is 13.7 Å². The van der Waals surface area contributed by atoms with Gasteiger partial charge < -0.3 is 19.2 Å². The lowest BCUT2D eigenvalue weighted by molar-refractivity contribution is -0.231. The van der Waals surface area contributed by atoms with Gasteiger partial charge in [0.1, 0.15) is 0 Å². The number of carbonyl (C=O) groups is 1. The smallest absolute Gasteiger partial charge is 0.217 e. The Kier molecular flexibility index (Phi) is 6.18. The lowest BCUT2D eigenvalue weighted by Gasteiger charge is -2.44. The Morgan fingerprint density at radius 3 is 2.30 bits per heavy atom. The summed E-state index contributed by atoms with van der Waals surface area (Å²) < 4.78 is 17.4. The molecule has 0 aliphatic carbocycles. The van der Waals surface area contributed by atoms with Crippen molar-refractivity contribution in [3.63, 3.8) is 0 Å². The van der Waals surface area contributed by atoms with Crippen molar-refractivity contribution in [2.45, 2.75) is 58.8 Å². The van der Waals surface area contributed by atoms with Gasteiger partial charge in [-0.3, -0.25) is 4.79 Å². The predicted molar refractivity (Wildman–Crippen MR) is 80.9 cm³/mol. The highest BCUT2D eigenvalue weighted by Crippen LogP contribution is 2.31. The zero-order chi connectivity index (χ0) is 15.5. The van der Waals surface area contributed by atoms with Gasteiger partial charge in [0.15, 0.2) is 14.6 Å². The van der Waals surface area contributed by atoms with Crippen molar-refractivity contribution in [1.29, 1.82) is 0 Å². The van der Waals surface area contributed by atoms with Crippen LogP contribution in [-0.2, 0) is 18.7 Å². The van der Waals surface area contributed by atoms with Crippen molar-refractivity contribution in [3.8, 4) is 0 Å². The summed E-state index contributed by atoms with van der Waals surface area (Å²) in [4.78, 5) is 11.3. The number of carbonyl (C=O) groups excluding carboxylic acids is 1. The highest BCUT2D eigenvalue weighted by atomic mass is 28.4. The molecule has 6 heteroatoms. The quantitative estimate of drug-likeness (QED) is 0.789. The SMILES string of the molecule is CO[C@@H]1OC(CO[Si](C)(C)C)[C@@H](C)[C@H](C)C1NC(C)=O. The molecule has 1 aliphatic rings. The van der Waals surface area contributed by atoms with E-state index in [1.807, 2.05) is 0 Å². The number of rotatable bonds is 5. The fourth-order valence-electron chi connectivity index (χ4n) is 2.45. The van der Waals surface area contributed by atoms with Crippen LogP contribution in [0.2, 0.25) is 19.6 Å². The Morgan fingerprint density at radius 2 is 1.85 bits per heavy atom. The van der Waals surface area contributed by atoms with Crippen LogP contribution < -0.4 is 5.32 Å². The predicted octanol–water partition coefficient (Wildman–Crippen LogP) is 1.99. The van der Waals surface area contributed by atoms with Crippen LogP contribution in [0.3, 0.4) is 0 Å². The van der Waals surface area contributed by atoms with E-state index in [9.17, 15) is 4.79 Å². The first kappa shape index (κ1) is 17.6. The van der Waals surface area contributed by atoms with E-state index in [1.165, 1.54) is 6.92 Å². The first-order valence-corrected chi connectivity index (χ1v) is 10.7. The van der Waals surface area contributed by atoms with Gasteiger partial charge in [0.05, 0.1) is 18.8 Å². The van der Waals surface area contributed by atoms with Crippen LogP contribution in [0, 0.1) is 11.8 Å². The number of hydrogen-bond acceptors (Lipinski definition) is 4. The Labute approximate surface area is 123 Å². The minimum Gasteiger partial charge on any atom is -0.415 e. The zero-order valence-corrected chi connectivity index (χ0v) is 14.7. The first-order valence-electron chi connectivity index (χ1n) is 7.25. The number of hydrogen-bond donors (Lipinski definition) is 1. The Hall–Kier alpha value is -0.433. The van der Waals surface area contributed by atoms with Crippen molar-refractivity contribution >= 4 is 14.2 Å². The van der Waals surface area contributed by atoms with E-state index in [1.54, 1.807) is 7.11 Å². The normalized spacial score (nSPS) is 34.9. The van der Waals surface area contributed by atoms with Crippen LogP contribution in [0.1, 0.15) is 20.8 Å². The standard InChI is InChI=1S/C14H29NO4Si/c1-9-10(2)13(15-11(3)16)14(17-4)19-12(9)8-18-20(5,6)7/h9-10,12-14H,8H2,1-7H3,(H,15,16)/t9-,10-,12?,13?,14+/m0/s1. The van der Waals surface area contributed by atoms with E-state index in [4.69, 9.17) is 13.9 Å². The first-order chi connectivity index (χ1) is 9.15. The molecule has 1 aliphatic heterocycles. The van der Waals surface area contributed by atoms with Gasteiger partial charge in [-0.25, -0.2) is 0 Å². The summed E-state index contributed by atoms with van der Waals surface area (Å²) in [7, 11) is 0.0510. The van der Waals surface area contributed by atoms with Crippen molar-refractivity contribution in [1.82, 2.24) is 5.32 Å². The molecule has 0 saturated carbocycles. The minimum absolute atomic E-state index is 0.00619. The van der Waals surface area contributed by atoms with Gasteiger partial charge in [-0.05, 0) is 31.5 Å². The van der Waals surface area contributed by atoms with Gasteiger partial charge in [0.2, 0.25) is 5.91 Å². The van der Waals surface area contributed by atoms with E-state index in [2.05, 4.69) is 38.8 Å². The van der Waals surface area contributed by atoms with Gasteiger partial charge >= 0.3 is 0 Å². The van der Waals surface area contributed by atoms with Crippen LogP contribution in [0.5, 0.6) is 0 Å². The fourth-order valence-corrected chi connectivity index (χ4v) is 3.12. The summed E-state index contributed by atoms with van der Waals surface area (Å²) in [5, 5.41) is 2.93. The second-order valence-electron chi connectivity index (χ2n) is 6.65. The van der Waals surface area contributed by atoms with E-state index >= 15 is 0 Å². The molecule has 0 radical (unpaired) electrons. The Bertz CT molecular complexity index is 330. The third-order valence-electron chi connectivity index (χ3n) is 3.87. The molecule has 5 nitrogen and oxygen atoms in total. The Balaban J connectivity index is 2.72. The molecule has 0 spiro atoms. The molecule has 118 valence electrons. The molecule has 0 bridgehead atoms. The molecule has 1 saturated heterocycles. The van der Waals surface area contributed by atoms with E-state index in [-0.39, 0.29) is 24.0 Å². The number of amides is 1. The maximum Gasteiger partial charge on any atom is 0.217 e. The second kappa shape index (κ2) is 7.02. The molecule has 1 rings (SSSR count). The maximum absolute atomic E-state index is 11.3. The van der Waals surface area contributed by atoms with Gasteiger partial charge in [-0.15, -0.1) is 0 Å². The molecular formula is C14H29NO4Si. The zero-order valence-electron chi connectivity index (χ0n) is 13.7. The second-order valence-corrected chi connectivity index (χ2v) is 11.2. The van der Waals surface area contributed by atoms with Gasteiger partial charge in [0.25, 0.3) is 0 Å². The average Bonchev–Trinajstić information content (AvgIpc) is 2.32.